The number of halogens is 1. The van der Waals surface area contributed by atoms with E-state index in [-0.39, 0.29) is 11.5 Å². The van der Waals surface area contributed by atoms with Crippen molar-refractivity contribution in [2.75, 3.05) is 0 Å². The minimum atomic E-state index is -1.05. The van der Waals surface area contributed by atoms with Crippen LogP contribution in [0.3, 0.4) is 0 Å². The summed E-state index contributed by atoms with van der Waals surface area (Å²) >= 11 is 3.38. The highest BCUT2D eigenvalue weighted by Gasteiger charge is 2.14. The summed E-state index contributed by atoms with van der Waals surface area (Å²) in [6, 6.07) is 12.2. The first-order valence-electron chi connectivity index (χ1n) is 9.02. The fourth-order valence-electron chi connectivity index (χ4n) is 2.70. The molecule has 2 aromatic carbocycles. The standard InChI is InChI=1S/C21H20BrN3O4/c1-12(2)19-24-18-8-7-15(22)10-17(18)20(26)25(19)23-11-14-5-4-6-16(9-14)29-13(3)21(27)28/h4-13H,1-3H3,(H,27,28)/t13-/m0/s1. The number of hydrogen-bond donors (Lipinski definition) is 1. The summed E-state index contributed by atoms with van der Waals surface area (Å²) in [5, 5.41) is 13.8. The van der Waals surface area contributed by atoms with Gasteiger partial charge in [0.25, 0.3) is 5.56 Å². The van der Waals surface area contributed by atoms with Crippen LogP contribution in [0.4, 0.5) is 0 Å². The SMILES string of the molecule is CC(C)c1nc2ccc(Br)cc2c(=O)n1N=Cc1cccc(O[C@@H](C)C(=O)O)c1. The molecule has 7 nitrogen and oxygen atoms in total. The van der Waals surface area contributed by atoms with Crippen LogP contribution in [0.1, 0.15) is 38.1 Å². The first-order valence-corrected chi connectivity index (χ1v) is 9.81. The van der Waals surface area contributed by atoms with Crippen molar-refractivity contribution in [1.82, 2.24) is 9.66 Å². The lowest BCUT2D eigenvalue weighted by Crippen LogP contribution is -2.23. The highest BCUT2D eigenvalue weighted by Crippen LogP contribution is 2.19. The van der Waals surface area contributed by atoms with E-state index in [1.807, 2.05) is 19.9 Å². The average molecular weight is 458 g/mol. The second-order valence-electron chi connectivity index (χ2n) is 6.82. The molecule has 0 aliphatic carbocycles. The zero-order chi connectivity index (χ0) is 21.1. The summed E-state index contributed by atoms with van der Waals surface area (Å²) in [6.45, 7) is 5.34. The second-order valence-corrected chi connectivity index (χ2v) is 7.73. The molecule has 3 rings (SSSR count). The van der Waals surface area contributed by atoms with Gasteiger partial charge < -0.3 is 9.84 Å². The molecular weight excluding hydrogens is 438 g/mol. The number of nitrogens with zero attached hydrogens (tertiary/aromatic N) is 3. The quantitative estimate of drug-likeness (QED) is 0.564. The largest absolute Gasteiger partial charge is 0.479 e. The highest BCUT2D eigenvalue weighted by molar-refractivity contribution is 9.10. The van der Waals surface area contributed by atoms with Gasteiger partial charge in [-0.05, 0) is 42.8 Å². The number of aliphatic carboxylic acids is 1. The molecular formula is C21H20BrN3O4. The molecule has 1 heterocycles. The topological polar surface area (TPSA) is 93.8 Å². The summed E-state index contributed by atoms with van der Waals surface area (Å²) in [6.07, 6.45) is 0.553. The third-order valence-corrected chi connectivity index (χ3v) is 4.68. The molecule has 0 aliphatic heterocycles. The van der Waals surface area contributed by atoms with E-state index in [4.69, 9.17) is 9.84 Å². The zero-order valence-corrected chi connectivity index (χ0v) is 17.8. The average Bonchev–Trinajstić information content (AvgIpc) is 2.67. The Kier molecular flexibility index (Phi) is 6.12. The summed E-state index contributed by atoms with van der Waals surface area (Å²) in [5.41, 5.74) is 1.02. The van der Waals surface area contributed by atoms with E-state index in [9.17, 15) is 9.59 Å². The molecule has 3 aromatic rings. The van der Waals surface area contributed by atoms with Crippen LogP contribution in [0.25, 0.3) is 10.9 Å². The molecule has 0 unspecified atom stereocenters. The van der Waals surface area contributed by atoms with Crippen molar-refractivity contribution >= 4 is 39.0 Å². The van der Waals surface area contributed by atoms with Crippen molar-refractivity contribution in [3.8, 4) is 5.75 Å². The Morgan fingerprint density at radius 2 is 2.00 bits per heavy atom. The van der Waals surface area contributed by atoms with Gasteiger partial charge in [-0.15, -0.1) is 0 Å². The van der Waals surface area contributed by atoms with Crippen LogP contribution in [0.5, 0.6) is 5.75 Å². The van der Waals surface area contributed by atoms with Crippen LogP contribution in [-0.2, 0) is 4.79 Å². The summed E-state index contributed by atoms with van der Waals surface area (Å²) in [4.78, 5) is 28.6. The molecule has 8 heteroatoms. The molecule has 0 spiro atoms. The molecule has 150 valence electrons. The van der Waals surface area contributed by atoms with E-state index < -0.39 is 12.1 Å². The van der Waals surface area contributed by atoms with E-state index in [1.165, 1.54) is 17.8 Å². The second kappa shape index (κ2) is 8.57. The molecule has 0 bridgehead atoms. The Morgan fingerprint density at radius 1 is 1.24 bits per heavy atom. The Hall–Kier alpha value is -3.00. The van der Waals surface area contributed by atoms with Crippen LogP contribution < -0.4 is 10.3 Å². The minimum absolute atomic E-state index is 0.0148. The lowest BCUT2D eigenvalue weighted by Gasteiger charge is -2.12. The number of rotatable bonds is 6. The number of carbonyl (C=O) groups is 1. The number of ether oxygens (including phenoxy) is 1. The van der Waals surface area contributed by atoms with Gasteiger partial charge in [-0.25, -0.2) is 9.78 Å². The Bertz CT molecular complexity index is 1150. The molecule has 0 fully saturated rings. The van der Waals surface area contributed by atoms with Gasteiger partial charge in [-0.3, -0.25) is 4.79 Å². The Morgan fingerprint density at radius 3 is 2.69 bits per heavy atom. The van der Waals surface area contributed by atoms with Crippen LogP contribution in [0.15, 0.2) is 56.8 Å². The molecule has 1 N–H and O–H groups in total. The lowest BCUT2D eigenvalue weighted by atomic mass is 10.2. The van der Waals surface area contributed by atoms with Crippen LogP contribution in [0, 0.1) is 0 Å². The normalized spacial score (nSPS) is 12.6. The molecule has 0 saturated carbocycles. The number of aromatic nitrogens is 2. The molecule has 0 radical (unpaired) electrons. The van der Waals surface area contributed by atoms with Crippen LogP contribution >= 0.6 is 15.9 Å². The fraction of sp³-hybridized carbons (Fsp3) is 0.238. The van der Waals surface area contributed by atoms with Gasteiger partial charge in [0, 0.05) is 10.4 Å². The van der Waals surface area contributed by atoms with Gasteiger partial charge in [-0.2, -0.15) is 9.78 Å². The van der Waals surface area contributed by atoms with E-state index in [1.54, 1.807) is 36.4 Å². The number of fused-ring (bicyclic) bond motifs is 1. The molecule has 0 aliphatic rings. The van der Waals surface area contributed by atoms with Crippen molar-refractivity contribution in [2.24, 2.45) is 5.10 Å². The van der Waals surface area contributed by atoms with Crippen molar-refractivity contribution in [3.05, 3.63) is 68.7 Å². The van der Waals surface area contributed by atoms with Crippen molar-refractivity contribution in [3.63, 3.8) is 0 Å². The summed E-state index contributed by atoms with van der Waals surface area (Å²) in [5.74, 6) is -0.113. The van der Waals surface area contributed by atoms with E-state index in [0.29, 0.717) is 28.0 Å². The first kappa shape index (κ1) is 20.7. The van der Waals surface area contributed by atoms with Gasteiger partial charge >= 0.3 is 5.97 Å². The van der Waals surface area contributed by atoms with Gasteiger partial charge in [0.05, 0.1) is 17.1 Å². The first-order chi connectivity index (χ1) is 13.8. The highest BCUT2D eigenvalue weighted by atomic mass is 79.9. The molecule has 29 heavy (non-hydrogen) atoms. The third kappa shape index (κ3) is 4.71. The van der Waals surface area contributed by atoms with Crippen LogP contribution in [-0.4, -0.2) is 33.1 Å². The van der Waals surface area contributed by atoms with Gasteiger partial charge in [0.15, 0.2) is 6.10 Å². The maximum absolute atomic E-state index is 13.0. The van der Waals surface area contributed by atoms with Gasteiger partial charge in [-0.1, -0.05) is 41.9 Å². The van der Waals surface area contributed by atoms with E-state index in [0.717, 1.165) is 4.47 Å². The summed E-state index contributed by atoms with van der Waals surface area (Å²) < 4.78 is 7.46. The number of carboxylic acids is 1. The van der Waals surface area contributed by atoms with Crippen molar-refractivity contribution < 1.29 is 14.6 Å². The Balaban J connectivity index is 2.02. The number of benzene rings is 2. The molecule has 1 atom stereocenters. The zero-order valence-electron chi connectivity index (χ0n) is 16.2. The molecule has 0 saturated heterocycles. The van der Waals surface area contributed by atoms with Crippen molar-refractivity contribution in [1.29, 1.82) is 0 Å². The third-order valence-electron chi connectivity index (χ3n) is 4.19. The maximum atomic E-state index is 13.0. The molecule has 0 amide bonds. The minimum Gasteiger partial charge on any atom is -0.479 e. The maximum Gasteiger partial charge on any atom is 0.344 e. The lowest BCUT2D eigenvalue weighted by molar-refractivity contribution is -0.144. The summed E-state index contributed by atoms with van der Waals surface area (Å²) in [7, 11) is 0. The Labute approximate surface area is 175 Å². The predicted octanol–water partition coefficient (Wildman–Crippen LogP) is 4.02. The molecule has 1 aromatic heterocycles. The van der Waals surface area contributed by atoms with Gasteiger partial charge in [0.1, 0.15) is 11.6 Å². The van der Waals surface area contributed by atoms with E-state index >= 15 is 0 Å². The van der Waals surface area contributed by atoms with E-state index in [2.05, 4.69) is 26.0 Å². The predicted molar refractivity (Wildman–Crippen MR) is 115 cm³/mol. The number of hydrogen-bond acceptors (Lipinski definition) is 5. The smallest absolute Gasteiger partial charge is 0.344 e. The van der Waals surface area contributed by atoms with Crippen LogP contribution in [0.2, 0.25) is 0 Å². The fourth-order valence-corrected chi connectivity index (χ4v) is 3.06. The monoisotopic (exact) mass is 457 g/mol. The van der Waals surface area contributed by atoms with Crippen molar-refractivity contribution in [2.45, 2.75) is 32.8 Å². The van der Waals surface area contributed by atoms with Gasteiger partial charge in [0.2, 0.25) is 0 Å². The number of carboxylic acid groups (broad SMARTS) is 1.